The van der Waals surface area contributed by atoms with Crippen LogP contribution in [0.4, 0.5) is 0 Å². The lowest BCUT2D eigenvalue weighted by molar-refractivity contribution is -0.129. The van der Waals surface area contributed by atoms with E-state index in [9.17, 15) is 9.59 Å². The number of nitrogens with one attached hydrogen (secondary N) is 1. The van der Waals surface area contributed by atoms with Crippen molar-refractivity contribution in [3.8, 4) is 17.1 Å². The number of rotatable bonds is 4. The molecule has 4 rings (SSSR count). The van der Waals surface area contributed by atoms with Crippen molar-refractivity contribution >= 4 is 23.4 Å². The molecule has 7 nitrogen and oxygen atoms in total. The largest absolute Gasteiger partial charge is 0.463 e. The lowest BCUT2D eigenvalue weighted by atomic mass is 9.99. The summed E-state index contributed by atoms with van der Waals surface area (Å²) >= 11 is 6.15. The number of amides is 2. The smallest absolute Gasteiger partial charge is 0.275 e. The van der Waals surface area contributed by atoms with Gasteiger partial charge in [0, 0.05) is 24.2 Å². The first-order valence-electron chi connectivity index (χ1n) is 9.44. The highest BCUT2D eigenvalue weighted by atomic mass is 35.5. The van der Waals surface area contributed by atoms with E-state index < -0.39 is 6.04 Å². The third-order valence-corrected chi connectivity index (χ3v) is 5.14. The van der Waals surface area contributed by atoms with Crippen LogP contribution in [-0.4, -0.2) is 45.6 Å². The second kappa shape index (κ2) is 7.75. The maximum atomic E-state index is 13.3. The van der Waals surface area contributed by atoms with Crippen molar-refractivity contribution in [2.24, 2.45) is 5.92 Å². The van der Waals surface area contributed by atoms with Crippen LogP contribution in [0, 0.1) is 5.92 Å². The van der Waals surface area contributed by atoms with Gasteiger partial charge in [0.1, 0.15) is 11.7 Å². The molecule has 29 heavy (non-hydrogen) atoms. The van der Waals surface area contributed by atoms with E-state index in [2.05, 4.69) is 10.4 Å². The van der Waals surface area contributed by atoms with Gasteiger partial charge in [-0.25, -0.2) is 4.68 Å². The number of hydrogen-bond donors (Lipinski definition) is 1. The maximum absolute atomic E-state index is 13.3. The Morgan fingerprint density at radius 3 is 2.79 bits per heavy atom. The fourth-order valence-electron chi connectivity index (χ4n) is 3.61. The highest BCUT2D eigenvalue weighted by Gasteiger charge is 2.36. The van der Waals surface area contributed by atoms with E-state index in [0.717, 1.165) is 0 Å². The Morgan fingerprint density at radius 1 is 1.28 bits per heavy atom. The molecular weight excluding hydrogens is 392 g/mol. The Hall–Kier alpha value is -3.06. The second-order valence-electron chi connectivity index (χ2n) is 7.26. The third-order valence-electron chi connectivity index (χ3n) is 4.90. The van der Waals surface area contributed by atoms with Gasteiger partial charge in [0.05, 0.1) is 12.0 Å². The van der Waals surface area contributed by atoms with Crippen LogP contribution in [0.1, 0.15) is 24.3 Å². The van der Waals surface area contributed by atoms with Crippen molar-refractivity contribution in [2.45, 2.75) is 19.9 Å². The fraction of sp³-hybridized carbons (Fsp3) is 0.286. The van der Waals surface area contributed by atoms with Gasteiger partial charge in [0.2, 0.25) is 5.91 Å². The van der Waals surface area contributed by atoms with Crippen molar-refractivity contribution in [3.05, 3.63) is 59.4 Å². The van der Waals surface area contributed by atoms with Crippen LogP contribution < -0.4 is 5.32 Å². The molecule has 1 aliphatic heterocycles. The number of hydrogen-bond acceptors (Lipinski definition) is 4. The van der Waals surface area contributed by atoms with E-state index >= 15 is 0 Å². The van der Waals surface area contributed by atoms with Gasteiger partial charge in [-0.3, -0.25) is 9.59 Å². The van der Waals surface area contributed by atoms with Crippen LogP contribution in [0.3, 0.4) is 0 Å². The van der Waals surface area contributed by atoms with Crippen molar-refractivity contribution in [1.29, 1.82) is 0 Å². The number of carbonyl (C=O) groups excluding carboxylic acids is 2. The molecule has 0 saturated carbocycles. The predicted molar refractivity (Wildman–Crippen MR) is 109 cm³/mol. The van der Waals surface area contributed by atoms with Gasteiger partial charge in [0.15, 0.2) is 11.5 Å². The van der Waals surface area contributed by atoms with E-state index in [4.69, 9.17) is 16.0 Å². The Kier molecular flexibility index (Phi) is 5.15. The van der Waals surface area contributed by atoms with Gasteiger partial charge in [-0.05, 0) is 36.2 Å². The number of nitrogens with zero attached hydrogens (tertiary/aromatic N) is 3. The summed E-state index contributed by atoms with van der Waals surface area (Å²) in [5, 5.41) is 7.94. The standard InChI is InChI=1S/C21H21ClN4O3/c1-13(2)19-20(27)23-8-9-25(19)21(28)16-12-17(18-7-4-10-29-18)26(24-16)15-6-3-5-14(22)11-15/h3-7,10-13,19H,8-9H2,1-2H3,(H,23,27). The molecule has 2 aromatic heterocycles. The Balaban J connectivity index is 1.77. The lowest BCUT2D eigenvalue weighted by Gasteiger charge is -2.36. The van der Waals surface area contributed by atoms with Gasteiger partial charge in [-0.2, -0.15) is 5.10 Å². The molecule has 0 bridgehead atoms. The summed E-state index contributed by atoms with van der Waals surface area (Å²) in [6, 6.07) is 11.9. The topological polar surface area (TPSA) is 80.4 Å². The van der Waals surface area contributed by atoms with E-state index in [0.29, 0.717) is 35.3 Å². The molecule has 1 saturated heterocycles. The average molecular weight is 413 g/mol. The molecule has 8 heteroatoms. The molecule has 1 atom stereocenters. The van der Waals surface area contributed by atoms with Crippen molar-refractivity contribution < 1.29 is 14.0 Å². The molecule has 1 aromatic carbocycles. The van der Waals surface area contributed by atoms with E-state index in [1.54, 1.807) is 46.2 Å². The predicted octanol–water partition coefficient (Wildman–Crippen LogP) is 3.38. The summed E-state index contributed by atoms with van der Waals surface area (Å²) < 4.78 is 7.18. The number of furan rings is 1. The summed E-state index contributed by atoms with van der Waals surface area (Å²) in [6.07, 6.45) is 1.57. The van der Waals surface area contributed by atoms with Gasteiger partial charge < -0.3 is 14.6 Å². The zero-order chi connectivity index (χ0) is 20.5. The van der Waals surface area contributed by atoms with Crippen molar-refractivity contribution in [2.75, 3.05) is 13.1 Å². The molecule has 1 N–H and O–H groups in total. The highest BCUT2D eigenvalue weighted by molar-refractivity contribution is 6.30. The number of piperazine rings is 1. The lowest BCUT2D eigenvalue weighted by Crippen LogP contribution is -2.59. The molecule has 0 radical (unpaired) electrons. The summed E-state index contributed by atoms with van der Waals surface area (Å²) in [5.74, 6) is 0.138. The van der Waals surface area contributed by atoms with Gasteiger partial charge in [-0.15, -0.1) is 0 Å². The molecule has 3 heterocycles. The van der Waals surface area contributed by atoms with Gasteiger partial charge in [-0.1, -0.05) is 31.5 Å². The minimum Gasteiger partial charge on any atom is -0.463 e. The molecule has 1 aliphatic rings. The quantitative estimate of drug-likeness (QED) is 0.712. The highest BCUT2D eigenvalue weighted by Crippen LogP contribution is 2.27. The Labute approximate surface area is 173 Å². The van der Waals surface area contributed by atoms with Crippen molar-refractivity contribution in [3.63, 3.8) is 0 Å². The molecule has 1 unspecified atom stereocenters. The monoisotopic (exact) mass is 412 g/mol. The maximum Gasteiger partial charge on any atom is 0.275 e. The van der Waals surface area contributed by atoms with E-state index in [1.807, 2.05) is 26.0 Å². The van der Waals surface area contributed by atoms with E-state index in [1.165, 1.54) is 0 Å². The molecule has 2 amide bonds. The van der Waals surface area contributed by atoms with Crippen LogP contribution >= 0.6 is 11.6 Å². The molecule has 1 fully saturated rings. The second-order valence-corrected chi connectivity index (χ2v) is 7.70. The number of carbonyl (C=O) groups is 2. The zero-order valence-corrected chi connectivity index (χ0v) is 16.9. The van der Waals surface area contributed by atoms with Crippen LogP contribution in [0.2, 0.25) is 5.02 Å². The molecule has 0 spiro atoms. The summed E-state index contributed by atoms with van der Waals surface area (Å²) in [7, 11) is 0. The zero-order valence-electron chi connectivity index (χ0n) is 16.1. The summed E-state index contributed by atoms with van der Waals surface area (Å²) in [5.41, 5.74) is 1.58. The third kappa shape index (κ3) is 3.65. The summed E-state index contributed by atoms with van der Waals surface area (Å²) in [4.78, 5) is 27.2. The minimum absolute atomic E-state index is 0.0150. The average Bonchev–Trinajstić information content (AvgIpc) is 3.36. The first kappa shape index (κ1) is 19.3. The summed E-state index contributed by atoms with van der Waals surface area (Å²) in [6.45, 7) is 4.71. The molecule has 150 valence electrons. The van der Waals surface area contributed by atoms with Crippen LogP contribution in [0.15, 0.2) is 53.1 Å². The van der Waals surface area contributed by atoms with Crippen LogP contribution in [-0.2, 0) is 4.79 Å². The first-order chi connectivity index (χ1) is 14.0. The number of halogens is 1. The van der Waals surface area contributed by atoms with Gasteiger partial charge in [0.25, 0.3) is 5.91 Å². The van der Waals surface area contributed by atoms with Crippen LogP contribution in [0.5, 0.6) is 0 Å². The molecule has 3 aromatic rings. The number of aromatic nitrogens is 2. The van der Waals surface area contributed by atoms with Gasteiger partial charge >= 0.3 is 0 Å². The number of benzene rings is 1. The first-order valence-corrected chi connectivity index (χ1v) is 9.82. The minimum atomic E-state index is -0.528. The van der Waals surface area contributed by atoms with Crippen molar-refractivity contribution in [1.82, 2.24) is 20.0 Å². The Bertz CT molecular complexity index is 1040. The normalized spacial score (nSPS) is 16.9. The molecular formula is C21H21ClN4O3. The SMILES string of the molecule is CC(C)C1C(=O)NCCN1C(=O)c1cc(-c2ccco2)n(-c2cccc(Cl)c2)n1. The van der Waals surface area contributed by atoms with E-state index in [-0.39, 0.29) is 23.4 Å². The Morgan fingerprint density at radius 2 is 2.10 bits per heavy atom. The fourth-order valence-corrected chi connectivity index (χ4v) is 3.80. The van der Waals surface area contributed by atoms with Crippen LogP contribution in [0.25, 0.3) is 17.1 Å². The molecule has 0 aliphatic carbocycles.